The highest BCUT2D eigenvalue weighted by atomic mass is 32.1. The van der Waals surface area contributed by atoms with Crippen LogP contribution in [0, 0.1) is 4.77 Å². The van der Waals surface area contributed by atoms with E-state index in [0.717, 1.165) is 44.8 Å². The average Bonchev–Trinajstić information content (AvgIpc) is 2.84. The maximum Gasteiger partial charge on any atom is 0.262 e. The summed E-state index contributed by atoms with van der Waals surface area (Å²) < 4.78 is 12.5. The van der Waals surface area contributed by atoms with E-state index in [2.05, 4.69) is 15.2 Å². The number of amides is 1. The van der Waals surface area contributed by atoms with E-state index in [1.54, 1.807) is 25.3 Å². The summed E-state index contributed by atoms with van der Waals surface area (Å²) in [5.41, 5.74) is 1.68. The quantitative estimate of drug-likeness (QED) is 0.390. The summed E-state index contributed by atoms with van der Waals surface area (Å²) in [5, 5.41) is 3.43. The van der Waals surface area contributed by atoms with Crippen LogP contribution in [0.5, 0.6) is 5.75 Å². The molecule has 2 heterocycles. The smallest absolute Gasteiger partial charge is 0.262 e. The average molecular weight is 469 g/mol. The van der Waals surface area contributed by atoms with Crippen LogP contribution in [-0.4, -0.2) is 66.9 Å². The second-order valence-corrected chi connectivity index (χ2v) is 8.34. The minimum absolute atomic E-state index is 0.170. The van der Waals surface area contributed by atoms with Crippen LogP contribution in [0.15, 0.2) is 47.3 Å². The van der Waals surface area contributed by atoms with Crippen molar-refractivity contribution in [2.24, 2.45) is 0 Å². The van der Waals surface area contributed by atoms with Gasteiger partial charge < -0.3 is 19.8 Å². The normalized spacial score (nSPS) is 14.3. The molecule has 0 spiro atoms. The predicted octanol–water partition coefficient (Wildman–Crippen LogP) is 2.57. The molecule has 8 nitrogen and oxygen atoms in total. The fourth-order valence-electron chi connectivity index (χ4n) is 3.97. The van der Waals surface area contributed by atoms with Crippen molar-refractivity contribution < 1.29 is 14.3 Å². The van der Waals surface area contributed by atoms with Crippen molar-refractivity contribution in [3.05, 3.63) is 68.7 Å². The lowest BCUT2D eigenvalue weighted by atomic mass is 10.1. The molecule has 2 N–H and O–H groups in total. The van der Waals surface area contributed by atoms with Crippen LogP contribution in [0.2, 0.25) is 0 Å². The number of aromatic nitrogens is 2. The summed E-state index contributed by atoms with van der Waals surface area (Å²) >= 11 is 5.45. The number of morpholine rings is 1. The van der Waals surface area contributed by atoms with Crippen molar-refractivity contribution in [2.45, 2.75) is 13.0 Å². The van der Waals surface area contributed by atoms with Gasteiger partial charge in [0.1, 0.15) is 5.75 Å². The number of ether oxygens (including phenoxy) is 2. The molecule has 1 aromatic heterocycles. The van der Waals surface area contributed by atoms with Crippen molar-refractivity contribution in [1.82, 2.24) is 19.8 Å². The molecule has 0 radical (unpaired) electrons. The van der Waals surface area contributed by atoms with Gasteiger partial charge in [-0.05, 0) is 49.4 Å². The third-order valence-electron chi connectivity index (χ3n) is 5.81. The van der Waals surface area contributed by atoms with Crippen molar-refractivity contribution in [3.8, 4) is 5.75 Å². The van der Waals surface area contributed by atoms with Crippen LogP contribution in [0.1, 0.15) is 22.3 Å². The number of carbonyl (C=O) groups excluding carboxylic acids is 1. The Balaban J connectivity index is 1.46. The third-order valence-corrected chi connectivity index (χ3v) is 6.13. The van der Waals surface area contributed by atoms with Gasteiger partial charge >= 0.3 is 0 Å². The molecule has 33 heavy (non-hydrogen) atoms. The Morgan fingerprint density at radius 1 is 1.21 bits per heavy atom. The summed E-state index contributed by atoms with van der Waals surface area (Å²) in [6.45, 7) is 5.22. The van der Waals surface area contributed by atoms with Crippen LogP contribution < -0.4 is 15.6 Å². The molecular formula is C24H28N4O4S. The number of benzene rings is 2. The third kappa shape index (κ3) is 5.50. The maximum absolute atomic E-state index is 13.1. The fourth-order valence-corrected chi connectivity index (χ4v) is 4.23. The van der Waals surface area contributed by atoms with E-state index in [1.807, 2.05) is 24.3 Å². The number of rotatable bonds is 8. The molecular weight excluding hydrogens is 440 g/mol. The number of aromatic amines is 1. The van der Waals surface area contributed by atoms with Gasteiger partial charge in [0.2, 0.25) is 0 Å². The number of carbonyl (C=O) groups is 1. The molecule has 3 aromatic rings. The lowest BCUT2D eigenvalue weighted by Crippen LogP contribution is -2.38. The number of nitrogens with zero attached hydrogens (tertiary/aromatic N) is 2. The highest BCUT2D eigenvalue weighted by molar-refractivity contribution is 7.71. The van der Waals surface area contributed by atoms with Gasteiger partial charge in [-0.1, -0.05) is 18.2 Å². The van der Waals surface area contributed by atoms with E-state index in [-0.39, 0.29) is 11.5 Å². The van der Waals surface area contributed by atoms with Gasteiger partial charge in [-0.3, -0.25) is 19.1 Å². The molecule has 2 aromatic carbocycles. The molecule has 9 heteroatoms. The number of nitrogens with one attached hydrogen (secondary N) is 2. The Labute approximate surface area is 197 Å². The Kier molecular flexibility index (Phi) is 7.54. The Morgan fingerprint density at radius 3 is 2.79 bits per heavy atom. The second-order valence-electron chi connectivity index (χ2n) is 7.96. The predicted molar refractivity (Wildman–Crippen MR) is 130 cm³/mol. The van der Waals surface area contributed by atoms with Gasteiger partial charge in [0.15, 0.2) is 4.77 Å². The molecule has 4 rings (SSSR count). The largest absolute Gasteiger partial charge is 0.496 e. The first-order valence-corrected chi connectivity index (χ1v) is 11.4. The summed E-state index contributed by atoms with van der Waals surface area (Å²) in [6.07, 6.45) is 0.870. The summed E-state index contributed by atoms with van der Waals surface area (Å²) in [7, 11) is 1.60. The maximum atomic E-state index is 13.1. The molecule has 0 aliphatic carbocycles. The molecule has 1 aliphatic heterocycles. The van der Waals surface area contributed by atoms with Gasteiger partial charge in [0.25, 0.3) is 11.5 Å². The van der Waals surface area contributed by atoms with Crippen LogP contribution in [-0.2, 0) is 11.3 Å². The standard InChI is InChI=1S/C24H28N4O4S/c1-31-21-6-3-2-5-18(21)16-28-23(30)19-8-7-17(15-20(19)26-24(28)33)22(29)25-9-4-10-27-11-13-32-14-12-27/h2-3,5-8,15H,4,9-14,16H2,1H3,(H,25,29)(H,26,33). The molecule has 0 unspecified atom stereocenters. The zero-order chi connectivity index (χ0) is 23.2. The highest BCUT2D eigenvalue weighted by Gasteiger charge is 2.13. The molecule has 1 aliphatic rings. The summed E-state index contributed by atoms with van der Waals surface area (Å²) in [6, 6.07) is 12.5. The summed E-state index contributed by atoms with van der Waals surface area (Å²) in [4.78, 5) is 31.2. The number of H-pyrrole nitrogens is 1. The number of methoxy groups -OCH3 is 1. The molecule has 174 valence electrons. The minimum atomic E-state index is -0.211. The van der Waals surface area contributed by atoms with Gasteiger partial charge in [-0.2, -0.15) is 0 Å². The zero-order valence-electron chi connectivity index (χ0n) is 18.6. The van der Waals surface area contributed by atoms with Crippen LogP contribution in [0.3, 0.4) is 0 Å². The van der Waals surface area contributed by atoms with Gasteiger partial charge in [0, 0.05) is 30.8 Å². The van der Waals surface area contributed by atoms with Crippen molar-refractivity contribution in [2.75, 3.05) is 46.5 Å². The lowest BCUT2D eigenvalue weighted by molar-refractivity contribution is 0.0374. The van der Waals surface area contributed by atoms with E-state index in [0.29, 0.717) is 40.1 Å². The van der Waals surface area contributed by atoms with E-state index in [4.69, 9.17) is 21.7 Å². The van der Waals surface area contributed by atoms with Crippen LogP contribution in [0.4, 0.5) is 0 Å². The van der Waals surface area contributed by atoms with Gasteiger partial charge in [0.05, 0.1) is 37.8 Å². The fraction of sp³-hybridized carbons (Fsp3) is 0.375. The van der Waals surface area contributed by atoms with Gasteiger partial charge in [-0.15, -0.1) is 0 Å². The molecule has 0 saturated carbocycles. The van der Waals surface area contributed by atoms with Crippen molar-refractivity contribution in [3.63, 3.8) is 0 Å². The van der Waals surface area contributed by atoms with E-state index in [1.165, 1.54) is 4.57 Å². The first-order chi connectivity index (χ1) is 16.1. The van der Waals surface area contributed by atoms with Crippen molar-refractivity contribution in [1.29, 1.82) is 0 Å². The summed E-state index contributed by atoms with van der Waals surface area (Å²) in [5.74, 6) is 0.524. The Hall–Kier alpha value is -3.01. The van der Waals surface area contributed by atoms with Crippen LogP contribution in [0.25, 0.3) is 10.9 Å². The van der Waals surface area contributed by atoms with E-state index >= 15 is 0 Å². The topological polar surface area (TPSA) is 88.6 Å². The van der Waals surface area contributed by atoms with Gasteiger partial charge in [-0.25, -0.2) is 0 Å². The first-order valence-electron chi connectivity index (χ1n) is 11.0. The van der Waals surface area contributed by atoms with Crippen molar-refractivity contribution >= 4 is 29.0 Å². The van der Waals surface area contributed by atoms with E-state index < -0.39 is 0 Å². The Bertz CT molecular complexity index is 1250. The van der Waals surface area contributed by atoms with Crippen LogP contribution >= 0.6 is 12.2 Å². The van der Waals surface area contributed by atoms with E-state index in [9.17, 15) is 9.59 Å². The monoisotopic (exact) mass is 468 g/mol. The molecule has 1 saturated heterocycles. The molecule has 0 bridgehead atoms. The SMILES string of the molecule is COc1ccccc1Cn1c(=S)[nH]c2cc(C(=O)NCCCN3CCOCC3)ccc2c1=O. The molecule has 1 fully saturated rings. The Morgan fingerprint density at radius 2 is 2.00 bits per heavy atom. The number of fused-ring (bicyclic) bond motifs is 1. The number of hydrogen-bond acceptors (Lipinski definition) is 6. The zero-order valence-corrected chi connectivity index (χ0v) is 19.5. The highest BCUT2D eigenvalue weighted by Crippen LogP contribution is 2.19. The molecule has 1 amide bonds. The lowest BCUT2D eigenvalue weighted by Gasteiger charge is -2.26. The first kappa shape index (κ1) is 23.2. The minimum Gasteiger partial charge on any atom is -0.496 e. The second kappa shape index (κ2) is 10.7. The molecule has 0 atom stereocenters. The number of para-hydroxylation sites is 1. The number of hydrogen-bond donors (Lipinski definition) is 2.